The first kappa shape index (κ1) is 16.7. The van der Waals surface area contributed by atoms with Gasteiger partial charge >= 0.3 is 0 Å². The van der Waals surface area contributed by atoms with Crippen molar-refractivity contribution in [3.8, 4) is 0 Å². The molecule has 2 N–H and O–H groups in total. The van der Waals surface area contributed by atoms with Crippen molar-refractivity contribution < 1.29 is 13.5 Å². The van der Waals surface area contributed by atoms with E-state index in [4.69, 9.17) is 10.5 Å². The van der Waals surface area contributed by atoms with Gasteiger partial charge < -0.3 is 10.5 Å². The fourth-order valence-corrected chi connectivity index (χ4v) is 4.13. The second kappa shape index (κ2) is 6.33. The highest BCUT2D eigenvalue weighted by Gasteiger charge is 2.37. The van der Waals surface area contributed by atoms with Crippen LogP contribution in [0.4, 0.5) is 8.78 Å². The highest BCUT2D eigenvalue weighted by Crippen LogP contribution is 2.34. The van der Waals surface area contributed by atoms with Gasteiger partial charge in [-0.15, -0.1) is 0 Å². The first-order valence-electron chi connectivity index (χ1n) is 8.97. The van der Waals surface area contributed by atoms with Gasteiger partial charge in [-0.25, -0.2) is 18.3 Å². The molecule has 6 nitrogen and oxygen atoms in total. The Morgan fingerprint density at radius 1 is 1.22 bits per heavy atom. The van der Waals surface area contributed by atoms with Crippen LogP contribution in [0, 0.1) is 11.6 Å². The zero-order chi connectivity index (χ0) is 18.5. The van der Waals surface area contributed by atoms with Crippen LogP contribution in [0.15, 0.2) is 36.7 Å². The summed E-state index contributed by atoms with van der Waals surface area (Å²) in [7, 11) is 0. The first-order valence-corrected chi connectivity index (χ1v) is 8.97. The minimum absolute atomic E-state index is 0.103. The fraction of sp³-hybridized carbons (Fsp3) is 0.368. The van der Waals surface area contributed by atoms with Gasteiger partial charge in [0.25, 0.3) is 0 Å². The van der Waals surface area contributed by atoms with Crippen LogP contribution in [0.5, 0.6) is 0 Å². The van der Waals surface area contributed by atoms with E-state index in [0.29, 0.717) is 19.6 Å². The lowest BCUT2D eigenvalue weighted by Crippen LogP contribution is -2.47. The smallest absolute Gasteiger partial charge is 0.159 e. The van der Waals surface area contributed by atoms with Crippen LogP contribution in [0.3, 0.4) is 0 Å². The summed E-state index contributed by atoms with van der Waals surface area (Å²) in [6, 6.07) is 4.93. The van der Waals surface area contributed by atoms with Crippen LogP contribution < -0.4 is 5.73 Å². The van der Waals surface area contributed by atoms with Crippen molar-refractivity contribution in [2.75, 3.05) is 6.61 Å². The summed E-state index contributed by atoms with van der Waals surface area (Å²) in [4.78, 5) is 6.69. The van der Waals surface area contributed by atoms with E-state index in [9.17, 15) is 8.78 Å². The van der Waals surface area contributed by atoms with E-state index in [0.717, 1.165) is 35.6 Å². The highest BCUT2D eigenvalue weighted by molar-refractivity contribution is 5.51. The van der Waals surface area contributed by atoms with Crippen molar-refractivity contribution in [2.24, 2.45) is 5.73 Å². The number of halogens is 2. The zero-order valence-corrected chi connectivity index (χ0v) is 14.6. The molecule has 0 saturated carbocycles. The van der Waals surface area contributed by atoms with E-state index in [-0.39, 0.29) is 11.6 Å². The van der Waals surface area contributed by atoms with Crippen molar-refractivity contribution in [3.05, 3.63) is 65.1 Å². The second-order valence-corrected chi connectivity index (χ2v) is 7.19. The van der Waals surface area contributed by atoms with Gasteiger partial charge in [0.05, 0.1) is 12.3 Å². The number of aromatic nitrogens is 3. The molecule has 2 aliphatic rings. The summed E-state index contributed by atoms with van der Waals surface area (Å²) >= 11 is 0. The predicted molar refractivity (Wildman–Crippen MR) is 93.7 cm³/mol. The third-order valence-electron chi connectivity index (χ3n) is 5.47. The van der Waals surface area contributed by atoms with Crippen molar-refractivity contribution in [1.82, 2.24) is 19.5 Å². The third kappa shape index (κ3) is 2.80. The second-order valence-electron chi connectivity index (χ2n) is 7.19. The van der Waals surface area contributed by atoms with Gasteiger partial charge in [0.15, 0.2) is 5.65 Å². The Hall–Kier alpha value is -2.42. The number of nitrogens with two attached hydrogens (primary N) is 1. The summed E-state index contributed by atoms with van der Waals surface area (Å²) in [5.74, 6) is -0.981. The highest BCUT2D eigenvalue weighted by atomic mass is 19.1. The van der Waals surface area contributed by atoms with Crippen LogP contribution in [-0.4, -0.2) is 38.2 Å². The van der Waals surface area contributed by atoms with Crippen LogP contribution in [-0.2, 0) is 17.8 Å². The molecule has 1 aromatic carbocycles. The summed E-state index contributed by atoms with van der Waals surface area (Å²) in [6.45, 7) is 1.85. The number of hydrogen-bond acceptors (Lipinski definition) is 5. The normalized spacial score (nSPS) is 25.8. The van der Waals surface area contributed by atoms with Gasteiger partial charge in [-0.1, -0.05) is 0 Å². The van der Waals surface area contributed by atoms with Crippen LogP contribution in [0.2, 0.25) is 0 Å². The van der Waals surface area contributed by atoms with Gasteiger partial charge in [-0.2, -0.15) is 5.10 Å². The maximum Gasteiger partial charge on any atom is 0.159 e. The number of fused-ring (bicyclic) bond motifs is 3. The van der Waals surface area contributed by atoms with Crippen molar-refractivity contribution in [2.45, 2.75) is 37.7 Å². The van der Waals surface area contributed by atoms with E-state index in [1.807, 2.05) is 12.3 Å². The summed E-state index contributed by atoms with van der Waals surface area (Å²) in [5.41, 5.74) is 9.49. The predicted octanol–water partition coefficient (Wildman–Crippen LogP) is 2.18. The molecule has 3 atom stereocenters. The molecule has 2 aliphatic heterocycles. The van der Waals surface area contributed by atoms with E-state index in [2.05, 4.69) is 15.0 Å². The lowest BCUT2D eigenvalue weighted by atomic mass is 9.93. The van der Waals surface area contributed by atoms with Crippen molar-refractivity contribution >= 4 is 5.65 Å². The largest absolute Gasteiger partial charge is 0.370 e. The Labute approximate surface area is 154 Å². The van der Waals surface area contributed by atoms with Gasteiger partial charge in [0.1, 0.15) is 17.7 Å². The molecule has 0 aliphatic carbocycles. The zero-order valence-electron chi connectivity index (χ0n) is 14.6. The molecule has 0 amide bonds. The van der Waals surface area contributed by atoms with E-state index in [1.54, 1.807) is 10.7 Å². The molecule has 140 valence electrons. The summed E-state index contributed by atoms with van der Waals surface area (Å²) in [6.07, 6.45) is 3.66. The lowest BCUT2D eigenvalue weighted by molar-refractivity contribution is -0.0532. The van der Waals surface area contributed by atoms with E-state index in [1.165, 1.54) is 6.07 Å². The van der Waals surface area contributed by atoms with Gasteiger partial charge in [-0.3, -0.25) is 4.90 Å². The van der Waals surface area contributed by atoms with Crippen LogP contribution >= 0.6 is 0 Å². The topological polar surface area (TPSA) is 68.7 Å². The molecule has 27 heavy (non-hydrogen) atoms. The average molecular weight is 371 g/mol. The Bertz CT molecular complexity index is 1010. The molecule has 0 radical (unpaired) electrons. The SMILES string of the molecule is N[C@H]1C[C@@H](N2Cc3nn4cccnc4c3C2)CO[C@@H]1c1cc(F)ccc1F. The lowest BCUT2D eigenvalue weighted by Gasteiger charge is -2.38. The average Bonchev–Trinajstić information content (AvgIpc) is 3.22. The maximum absolute atomic E-state index is 14.1. The van der Waals surface area contributed by atoms with Crippen LogP contribution in [0.25, 0.3) is 5.65 Å². The Morgan fingerprint density at radius 3 is 2.96 bits per heavy atom. The molecule has 2 aromatic heterocycles. The molecule has 0 spiro atoms. The van der Waals surface area contributed by atoms with Gasteiger partial charge in [-0.05, 0) is 30.7 Å². The number of benzene rings is 1. The molecule has 3 aromatic rings. The Balaban J connectivity index is 1.32. The Kier molecular flexibility index (Phi) is 3.92. The third-order valence-corrected chi connectivity index (χ3v) is 5.47. The molecule has 0 bridgehead atoms. The molecule has 1 saturated heterocycles. The molecular formula is C19H19F2N5O. The molecule has 1 fully saturated rings. The standard InChI is InChI=1S/C19H19F2N5O/c20-11-2-3-15(21)13(6-11)18-16(22)7-12(10-27-18)25-8-14-17(9-25)24-26-5-1-4-23-19(14)26/h1-6,12,16,18H,7-10,22H2/t12-,16+,18-/m1/s1. The molecule has 8 heteroatoms. The number of rotatable bonds is 2. The fourth-order valence-electron chi connectivity index (χ4n) is 4.13. The van der Waals surface area contributed by atoms with E-state index < -0.39 is 23.8 Å². The molecule has 0 unspecified atom stereocenters. The minimum atomic E-state index is -0.637. The molecule has 4 heterocycles. The minimum Gasteiger partial charge on any atom is -0.370 e. The number of nitrogens with zero attached hydrogens (tertiary/aromatic N) is 4. The summed E-state index contributed by atoms with van der Waals surface area (Å²) in [5, 5.41) is 4.59. The Morgan fingerprint density at radius 2 is 2.11 bits per heavy atom. The molecule has 5 rings (SSSR count). The maximum atomic E-state index is 14.1. The number of ether oxygens (including phenoxy) is 1. The molecular weight excluding hydrogens is 352 g/mol. The number of hydrogen-bond donors (Lipinski definition) is 1. The van der Waals surface area contributed by atoms with E-state index >= 15 is 0 Å². The van der Waals surface area contributed by atoms with Crippen molar-refractivity contribution in [3.63, 3.8) is 0 Å². The van der Waals surface area contributed by atoms with Gasteiger partial charge in [0.2, 0.25) is 0 Å². The monoisotopic (exact) mass is 371 g/mol. The first-order chi connectivity index (χ1) is 13.1. The summed E-state index contributed by atoms with van der Waals surface area (Å²) < 4.78 is 35.3. The van der Waals surface area contributed by atoms with Crippen LogP contribution in [0.1, 0.15) is 29.3 Å². The quantitative estimate of drug-likeness (QED) is 0.748. The van der Waals surface area contributed by atoms with Crippen molar-refractivity contribution in [1.29, 1.82) is 0 Å². The van der Waals surface area contributed by atoms with Gasteiger partial charge in [0, 0.05) is 48.7 Å².